The number of hydrogen-bond donors (Lipinski definition) is 0. The van der Waals surface area contributed by atoms with E-state index in [9.17, 15) is 23.8 Å². The molecule has 0 aromatic rings. The van der Waals surface area contributed by atoms with Crippen molar-refractivity contribution in [1.29, 1.82) is 0 Å². The second-order valence-electron chi connectivity index (χ2n) is 15.0. The third-order valence-electron chi connectivity index (χ3n) is 8.58. The van der Waals surface area contributed by atoms with Gasteiger partial charge in [0.05, 0.1) is 27.7 Å². The highest BCUT2D eigenvalue weighted by molar-refractivity contribution is 7.45. The van der Waals surface area contributed by atoms with Gasteiger partial charge >= 0.3 is 11.9 Å². The normalized spacial score (nSPS) is 14.0. The lowest BCUT2D eigenvalue weighted by molar-refractivity contribution is -0.870. The third-order valence-corrected chi connectivity index (χ3v) is 9.54. The number of ketones is 1. The topological polar surface area (TPSA) is 128 Å². The first-order valence-corrected chi connectivity index (χ1v) is 22.3. The van der Waals surface area contributed by atoms with Gasteiger partial charge in [-0.3, -0.25) is 18.9 Å². The van der Waals surface area contributed by atoms with Crippen LogP contribution < -0.4 is 4.89 Å². The number of phosphoric ester groups is 1. The quantitative estimate of drug-likeness (QED) is 0.0115. The molecular weight excluding hydrogens is 705 g/mol. The van der Waals surface area contributed by atoms with Gasteiger partial charge in [-0.2, -0.15) is 0 Å². The standard InChI is InChI=1S/C43H76NO9P/c1-6-8-10-11-12-13-14-17-21-24-27-31-35-43(47)53-41(39-52-54(48,49)51-37-36-44(3,4)5)38-50-42(46)34-30-26-23-20-18-15-16-19-22-25-29-33-40(45)32-28-9-7-2/h15-16,20,22-23,25,29,33,41H,6-14,17-19,21,24,26-28,30-32,34-39H2,1-5H3/b16-15-,23-20-,25-22-,33-29+/t41-/m1/s1. The molecule has 0 aliphatic rings. The molecule has 1 unspecified atom stereocenters. The molecule has 0 saturated carbocycles. The average Bonchev–Trinajstić information content (AvgIpc) is 3.11. The van der Waals surface area contributed by atoms with Gasteiger partial charge in [0.15, 0.2) is 11.9 Å². The Hall–Kier alpha value is -2.36. The predicted octanol–water partition coefficient (Wildman–Crippen LogP) is 10.1. The number of quaternary nitrogens is 1. The van der Waals surface area contributed by atoms with Crippen molar-refractivity contribution in [2.75, 3.05) is 47.5 Å². The second kappa shape index (κ2) is 35.1. The van der Waals surface area contributed by atoms with Crippen LogP contribution >= 0.6 is 7.82 Å². The molecule has 0 saturated heterocycles. The number of carbonyl (C=O) groups excluding carboxylic acids is 3. The molecule has 0 spiro atoms. The molecule has 0 aromatic heterocycles. The van der Waals surface area contributed by atoms with E-state index in [0.717, 1.165) is 51.4 Å². The number of likely N-dealkylation sites (N-methyl/N-ethyl adjacent to an activating group) is 1. The van der Waals surface area contributed by atoms with Crippen LogP contribution in [0.2, 0.25) is 0 Å². The summed E-state index contributed by atoms with van der Waals surface area (Å²) >= 11 is 0. The van der Waals surface area contributed by atoms with Crippen molar-refractivity contribution in [3.05, 3.63) is 48.6 Å². The van der Waals surface area contributed by atoms with Gasteiger partial charge in [-0.1, -0.05) is 140 Å². The van der Waals surface area contributed by atoms with E-state index in [4.69, 9.17) is 18.5 Å². The zero-order valence-corrected chi connectivity index (χ0v) is 35.5. The van der Waals surface area contributed by atoms with Crippen molar-refractivity contribution in [1.82, 2.24) is 0 Å². The van der Waals surface area contributed by atoms with Gasteiger partial charge in [0.1, 0.15) is 19.8 Å². The van der Waals surface area contributed by atoms with Crippen LogP contribution in [0.4, 0.5) is 0 Å². The zero-order valence-electron chi connectivity index (χ0n) is 34.6. The number of esters is 2. The van der Waals surface area contributed by atoms with Crippen molar-refractivity contribution < 1.29 is 46.8 Å². The maximum Gasteiger partial charge on any atom is 0.306 e. The molecule has 0 N–H and O–H groups in total. The Balaban J connectivity index is 4.52. The van der Waals surface area contributed by atoms with Gasteiger partial charge in [0.2, 0.25) is 0 Å². The van der Waals surface area contributed by atoms with E-state index in [0.29, 0.717) is 36.7 Å². The predicted molar refractivity (Wildman–Crippen MR) is 218 cm³/mol. The van der Waals surface area contributed by atoms with Crippen LogP contribution in [-0.4, -0.2) is 75.8 Å². The number of unbranched alkanes of at least 4 members (excludes halogenated alkanes) is 14. The van der Waals surface area contributed by atoms with Crippen molar-refractivity contribution in [2.24, 2.45) is 0 Å². The van der Waals surface area contributed by atoms with E-state index >= 15 is 0 Å². The summed E-state index contributed by atoms with van der Waals surface area (Å²) in [6.45, 7) is 3.96. The molecule has 2 atom stereocenters. The monoisotopic (exact) mass is 782 g/mol. The number of hydrogen-bond acceptors (Lipinski definition) is 9. The molecule has 0 aromatic carbocycles. The highest BCUT2D eigenvalue weighted by Gasteiger charge is 2.21. The average molecular weight is 782 g/mol. The fourth-order valence-electron chi connectivity index (χ4n) is 5.25. The van der Waals surface area contributed by atoms with Crippen molar-refractivity contribution in [3.8, 4) is 0 Å². The molecule has 312 valence electrons. The summed E-state index contributed by atoms with van der Waals surface area (Å²) in [5.74, 6) is -0.768. The molecule has 0 aliphatic heterocycles. The first-order chi connectivity index (χ1) is 25.9. The molecule has 0 amide bonds. The van der Waals surface area contributed by atoms with Crippen molar-refractivity contribution >= 4 is 25.5 Å². The smallest absolute Gasteiger partial charge is 0.306 e. The molecule has 0 rings (SSSR count). The molecule has 0 bridgehead atoms. The molecule has 11 heteroatoms. The molecule has 0 radical (unpaired) electrons. The Morgan fingerprint density at radius 3 is 1.80 bits per heavy atom. The number of rotatable bonds is 37. The van der Waals surface area contributed by atoms with Crippen LogP contribution in [-0.2, 0) is 37.5 Å². The van der Waals surface area contributed by atoms with Gasteiger partial charge < -0.3 is 27.9 Å². The fraction of sp³-hybridized carbons (Fsp3) is 0.744. The van der Waals surface area contributed by atoms with Crippen molar-refractivity contribution in [3.63, 3.8) is 0 Å². The number of phosphoric acid groups is 1. The summed E-state index contributed by atoms with van der Waals surface area (Å²) in [5, 5.41) is 0. The maximum absolute atomic E-state index is 12.6. The Bertz CT molecular complexity index is 1130. The molecule has 10 nitrogen and oxygen atoms in total. The summed E-state index contributed by atoms with van der Waals surface area (Å²) in [7, 11) is 1.10. The van der Waals surface area contributed by atoms with Crippen LogP contribution in [0.3, 0.4) is 0 Å². The number of carbonyl (C=O) groups is 3. The van der Waals surface area contributed by atoms with Crippen LogP contribution in [0.5, 0.6) is 0 Å². The highest BCUT2D eigenvalue weighted by Crippen LogP contribution is 2.38. The van der Waals surface area contributed by atoms with Crippen LogP contribution in [0.25, 0.3) is 0 Å². The summed E-state index contributed by atoms with van der Waals surface area (Å²) in [4.78, 5) is 49.1. The Labute approximate surface area is 329 Å². The first-order valence-electron chi connectivity index (χ1n) is 20.8. The van der Waals surface area contributed by atoms with E-state index in [1.807, 2.05) is 45.4 Å². The van der Waals surface area contributed by atoms with E-state index in [-0.39, 0.29) is 31.8 Å². The zero-order chi connectivity index (χ0) is 40.2. The molecule has 0 fully saturated rings. The molecular formula is C43H76NO9P. The SMILES string of the molecule is CCCCCCCCCCCCCCC(=O)O[C@H](COC(=O)CCC/C=C\C/C=C\C/C=C\C=C\C(=O)CCCCC)COP(=O)([O-])OCC[N+](C)(C)C. The van der Waals surface area contributed by atoms with Crippen molar-refractivity contribution in [2.45, 2.75) is 161 Å². The summed E-state index contributed by atoms with van der Waals surface area (Å²) in [6, 6.07) is 0. The number of ether oxygens (including phenoxy) is 2. The van der Waals surface area contributed by atoms with Crippen LogP contribution in [0.1, 0.15) is 155 Å². The van der Waals surface area contributed by atoms with Crippen LogP contribution in [0, 0.1) is 0 Å². The molecule has 54 heavy (non-hydrogen) atoms. The largest absolute Gasteiger partial charge is 0.756 e. The van der Waals surface area contributed by atoms with Gasteiger partial charge in [0.25, 0.3) is 7.82 Å². The van der Waals surface area contributed by atoms with Crippen LogP contribution in [0.15, 0.2) is 48.6 Å². The highest BCUT2D eigenvalue weighted by atomic mass is 31.2. The Kier molecular flexibility index (Phi) is 33.5. The number of allylic oxidation sites excluding steroid dienone is 8. The van der Waals surface area contributed by atoms with Gasteiger partial charge in [-0.15, -0.1) is 0 Å². The van der Waals surface area contributed by atoms with E-state index < -0.39 is 32.5 Å². The summed E-state index contributed by atoms with van der Waals surface area (Å²) < 4.78 is 33.7. The minimum atomic E-state index is -4.64. The third kappa shape index (κ3) is 37.9. The minimum absolute atomic E-state index is 0.0496. The molecule has 0 heterocycles. The molecule has 0 aliphatic carbocycles. The van der Waals surface area contributed by atoms with E-state index in [1.165, 1.54) is 51.4 Å². The summed E-state index contributed by atoms with van der Waals surface area (Å²) in [5.41, 5.74) is 0. The maximum atomic E-state index is 12.6. The fourth-order valence-corrected chi connectivity index (χ4v) is 5.98. The first kappa shape index (κ1) is 51.6. The summed E-state index contributed by atoms with van der Waals surface area (Å²) in [6.07, 6.45) is 35.5. The Morgan fingerprint density at radius 2 is 1.17 bits per heavy atom. The second-order valence-corrected chi connectivity index (χ2v) is 16.5. The lowest BCUT2D eigenvalue weighted by Crippen LogP contribution is -2.37. The Morgan fingerprint density at radius 1 is 0.630 bits per heavy atom. The van der Waals surface area contributed by atoms with Gasteiger partial charge in [-0.05, 0) is 44.6 Å². The van der Waals surface area contributed by atoms with Gasteiger partial charge in [-0.25, -0.2) is 0 Å². The minimum Gasteiger partial charge on any atom is -0.756 e. The number of nitrogens with zero attached hydrogens (tertiary/aromatic N) is 1. The van der Waals surface area contributed by atoms with E-state index in [2.05, 4.69) is 26.0 Å². The van der Waals surface area contributed by atoms with E-state index in [1.54, 1.807) is 12.2 Å². The van der Waals surface area contributed by atoms with Gasteiger partial charge in [0, 0.05) is 19.3 Å². The lowest BCUT2D eigenvalue weighted by atomic mass is 10.0. The lowest BCUT2D eigenvalue weighted by Gasteiger charge is -2.28.